The molecule has 0 amide bonds. The summed E-state index contributed by atoms with van der Waals surface area (Å²) in [6, 6.07) is 4.96. The first kappa shape index (κ1) is 26.4. The third kappa shape index (κ3) is 5.72. The van der Waals surface area contributed by atoms with Gasteiger partial charge in [-0.15, -0.1) is 0 Å². The summed E-state index contributed by atoms with van der Waals surface area (Å²) in [4.78, 5) is 40.2. The summed E-state index contributed by atoms with van der Waals surface area (Å²) in [5.41, 5.74) is 6.85. The first-order valence-corrected chi connectivity index (χ1v) is 11.5. The minimum atomic E-state index is -0.917. The molecule has 188 valence electrons. The fraction of sp³-hybridized carbons (Fsp3) is 0.348. The number of H-pyrrole nitrogens is 1. The molecule has 0 spiro atoms. The number of imidazole rings is 1. The Hall–Kier alpha value is -3.21. The Morgan fingerprint density at radius 3 is 2.57 bits per heavy atom. The van der Waals surface area contributed by atoms with Crippen molar-refractivity contribution in [3.8, 4) is 0 Å². The van der Waals surface area contributed by atoms with Crippen molar-refractivity contribution in [3.63, 3.8) is 0 Å². The van der Waals surface area contributed by atoms with E-state index >= 15 is 0 Å². The number of anilines is 1. The molecule has 0 bridgehead atoms. The summed E-state index contributed by atoms with van der Waals surface area (Å²) in [5.74, 6) is -1.96. The summed E-state index contributed by atoms with van der Waals surface area (Å²) < 4.78 is 17.5. The van der Waals surface area contributed by atoms with E-state index in [1.54, 1.807) is 32.0 Å². The SMILES string of the molecule is CCOC(=O)C1=C(COCCn2cc(N)[nH]c2=O)NC(C)=C(C(=O)OC)C1c1cccc(Cl)c1Cl. The topological polar surface area (TPSA) is 138 Å². The van der Waals surface area contributed by atoms with Gasteiger partial charge in [0.15, 0.2) is 0 Å². The number of carbonyl (C=O) groups excluding carboxylic acids is 2. The maximum absolute atomic E-state index is 13.2. The van der Waals surface area contributed by atoms with Gasteiger partial charge in [0.05, 0.1) is 66.3 Å². The largest absolute Gasteiger partial charge is 0.466 e. The van der Waals surface area contributed by atoms with Crippen LogP contribution in [-0.2, 0) is 30.3 Å². The van der Waals surface area contributed by atoms with Crippen molar-refractivity contribution in [1.29, 1.82) is 0 Å². The number of carbonyl (C=O) groups is 2. The van der Waals surface area contributed by atoms with Crippen molar-refractivity contribution >= 4 is 41.0 Å². The minimum absolute atomic E-state index is 0.0384. The minimum Gasteiger partial charge on any atom is -0.466 e. The summed E-state index contributed by atoms with van der Waals surface area (Å²) in [6.45, 7) is 3.81. The molecule has 1 aromatic carbocycles. The molecule has 0 saturated heterocycles. The van der Waals surface area contributed by atoms with E-state index in [-0.39, 0.29) is 59.1 Å². The number of benzene rings is 1. The Morgan fingerprint density at radius 2 is 1.94 bits per heavy atom. The maximum Gasteiger partial charge on any atom is 0.336 e. The van der Waals surface area contributed by atoms with Crippen LogP contribution in [-0.4, -0.2) is 48.4 Å². The van der Waals surface area contributed by atoms with Crippen molar-refractivity contribution in [2.45, 2.75) is 26.3 Å². The standard InChI is InChI=1S/C23H26Cl2N4O6/c1-4-35-22(31)19-15(11-34-9-8-29-10-16(26)28-23(29)32)27-12(2)17(21(30)33-3)18(19)13-6-5-7-14(24)20(13)25/h5-7,10,18,27H,4,8-9,11,26H2,1-3H3,(H,28,32). The van der Waals surface area contributed by atoms with Crippen LogP contribution in [0.3, 0.4) is 0 Å². The second-order valence-electron chi connectivity index (χ2n) is 7.60. The average Bonchev–Trinajstić information content (AvgIpc) is 3.14. The number of allylic oxidation sites excluding steroid dienone is 1. The first-order valence-electron chi connectivity index (χ1n) is 10.7. The number of esters is 2. The van der Waals surface area contributed by atoms with Crippen molar-refractivity contribution in [2.75, 3.05) is 32.7 Å². The van der Waals surface area contributed by atoms with Gasteiger partial charge in [-0.3, -0.25) is 9.55 Å². The van der Waals surface area contributed by atoms with Crippen LogP contribution in [0.1, 0.15) is 25.3 Å². The van der Waals surface area contributed by atoms with Crippen LogP contribution in [0.15, 0.2) is 51.7 Å². The van der Waals surface area contributed by atoms with Gasteiger partial charge in [-0.2, -0.15) is 0 Å². The number of aromatic nitrogens is 2. The highest BCUT2D eigenvalue weighted by Crippen LogP contribution is 2.43. The number of nitrogens with two attached hydrogens (primary N) is 1. The van der Waals surface area contributed by atoms with E-state index in [2.05, 4.69) is 10.3 Å². The third-order valence-electron chi connectivity index (χ3n) is 5.37. The molecule has 10 nitrogen and oxygen atoms in total. The van der Waals surface area contributed by atoms with Gasteiger partial charge in [0.2, 0.25) is 0 Å². The summed E-state index contributed by atoms with van der Waals surface area (Å²) >= 11 is 12.8. The Bertz CT molecular complexity index is 1250. The highest BCUT2D eigenvalue weighted by atomic mass is 35.5. The number of dihydropyridines is 1. The number of nitrogens with one attached hydrogen (secondary N) is 2. The Balaban J connectivity index is 2.01. The van der Waals surface area contributed by atoms with Crippen molar-refractivity contribution in [2.24, 2.45) is 0 Å². The van der Waals surface area contributed by atoms with E-state index in [1.807, 2.05) is 0 Å². The predicted octanol–water partition coefficient (Wildman–Crippen LogP) is 2.73. The number of nitrogen functional groups attached to an aromatic ring is 1. The second-order valence-corrected chi connectivity index (χ2v) is 8.39. The zero-order valence-electron chi connectivity index (χ0n) is 19.4. The average molecular weight is 525 g/mol. The van der Waals surface area contributed by atoms with Crippen LogP contribution in [0.5, 0.6) is 0 Å². The molecule has 1 aromatic heterocycles. The molecule has 3 rings (SSSR count). The van der Waals surface area contributed by atoms with Crippen molar-refractivity contribution < 1.29 is 23.8 Å². The third-order valence-corrected chi connectivity index (χ3v) is 6.20. The van der Waals surface area contributed by atoms with E-state index in [9.17, 15) is 14.4 Å². The van der Waals surface area contributed by atoms with Gasteiger partial charge in [0.25, 0.3) is 0 Å². The van der Waals surface area contributed by atoms with Gasteiger partial charge in [-0.1, -0.05) is 35.3 Å². The first-order chi connectivity index (χ1) is 16.7. The van der Waals surface area contributed by atoms with Crippen LogP contribution in [0, 0.1) is 0 Å². The van der Waals surface area contributed by atoms with E-state index in [1.165, 1.54) is 17.9 Å². The van der Waals surface area contributed by atoms with Crippen LogP contribution in [0.25, 0.3) is 0 Å². The molecular formula is C23H26Cl2N4O6. The predicted molar refractivity (Wildman–Crippen MR) is 131 cm³/mol. The summed E-state index contributed by atoms with van der Waals surface area (Å²) in [6.07, 6.45) is 1.47. The highest BCUT2D eigenvalue weighted by molar-refractivity contribution is 6.42. The van der Waals surface area contributed by atoms with Gasteiger partial charge in [-0.05, 0) is 25.5 Å². The summed E-state index contributed by atoms with van der Waals surface area (Å²) in [5, 5.41) is 3.54. The molecule has 0 saturated carbocycles. The van der Waals surface area contributed by atoms with Crippen LogP contribution < -0.4 is 16.7 Å². The lowest BCUT2D eigenvalue weighted by Gasteiger charge is -2.31. The molecule has 0 aliphatic carbocycles. The molecule has 2 aromatic rings. The smallest absolute Gasteiger partial charge is 0.336 e. The van der Waals surface area contributed by atoms with E-state index in [0.717, 1.165) is 0 Å². The number of rotatable bonds is 9. The molecule has 0 fully saturated rings. The zero-order chi connectivity index (χ0) is 25.7. The molecule has 2 heterocycles. The van der Waals surface area contributed by atoms with Crippen LogP contribution in [0.2, 0.25) is 10.0 Å². The Kier molecular flexibility index (Phi) is 8.66. The number of hydrogen-bond acceptors (Lipinski definition) is 8. The number of halogens is 2. The Labute approximate surface area is 211 Å². The van der Waals surface area contributed by atoms with Crippen LogP contribution in [0.4, 0.5) is 5.82 Å². The lowest BCUT2D eigenvalue weighted by Crippen LogP contribution is -2.35. The number of methoxy groups -OCH3 is 1. The quantitative estimate of drug-likeness (QED) is 0.336. The van der Waals surface area contributed by atoms with E-state index in [4.69, 9.17) is 43.1 Å². The van der Waals surface area contributed by atoms with Gasteiger partial charge in [0.1, 0.15) is 5.82 Å². The van der Waals surface area contributed by atoms with Gasteiger partial charge in [0, 0.05) is 11.9 Å². The van der Waals surface area contributed by atoms with Gasteiger partial charge < -0.3 is 25.3 Å². The maximum atomic E-state index is 13.2. The lowest BCUT2D eigenvalue weighted by atomic mass is 9.80. The fourth-order valence-electron chi connectivity index (χ4n) is 3.85. The van der Waals surface area contributed by atoms with Crippen molar-refractivity contribution in [3.05, 3.63) is 73.0 Å². The van der Waals surface area contributed by atoms with Gasteiger partial charge in [-0.25, -0.2) is 14.4 Å². The number of hydrogen-bond donors (Lipinski definition) is 3. The number of ether oxygens (including phenoxy) is 3. The van der Waals surface area contributed by atoms with Crippen LogP contribution >= 0.6 is 23.2 Å². The molecule has 12 heteroatoms. The zero-order valence-corrected chi connectivity index (χ0v) is 21.0. The number of aromatic amines is 1. The highest BCUT2D eigenvalue weighted by Gasteiger charge is 2.40. The fourth-order valence-corrected chi connectivity index (χ4v) is 4.27. The lowest BCUT2D eigenvalue weighted by molar-refractivity contribution is -0.139. The molecule has 1 unspecified atom stereocenters. The molecule has 1 aliphatic rings. The molecular weight excluding hydrogens is 499 g/mol. The second kappa shape index (κ2) is 11.5. The Morgan fingerprint density at radius 1 is 1.20 bits per heavy atom. The summed E-state index contributed by atoms with van der Waals surface area (Å²) in [7, 11) is 1.25. The number of nitrogens with zero attached hydrogens (tertiary/aromatic N) is 1. The normalized spacial score (nSPS) is 15.7. The van der Waals surface area contributed by atoms with E-state index < -0.39 is 17.9 Å². The monoisotopic (exact) mass is 524 g/mol. The van der Waals surface area contributed by atoms with Gasteiger partial charge >= 0.3 is 17.6 Å². The molecule has 1 atom stereocenters. The molecule has 1 aliphatic heterocycles. The molecule has 0 radical (unpaired) electrons. The molecule has 35 heavy (non-hydrogen) atoms. The molecule has 4 N–H and O–H groups in total. The van der Waals surface area contributed by atoms with E-state index in [0.29, 0.717) is 17.0 Å². The van der Waals surface area contributed by atoms with Crippen molar-refractivity contribution in [1.82, 2.24) is 14.9 Å².